The van der Waals surface area contributed by atoms with Gasteiger partial charge in [0.15, 0.2) is 0 Å². The predicted molar refractivity (Wildman–Crippen MR) is 116 cm³/mol. The number of aliphatic imine (C=N–C) groups is 1. The first-order valence-corrected chi connectivity index (χ1v) is 10.4. The monoisotopic (exact) mass is 408 g/mol. The third kappa shape index (κ3) is 4.86. The minimum absolute atomic E-state index is 0.172. The number of nitrogens with one attached hydrogen (secondary N) is 2. The van der Waals surface area contributed by atoms with Crippen LogP contribution >= 0.6 is 11.9 Å². The molecule has 1 aliphatic heterocycles. The van der Waals surface area contributed by atoms with E-state index in [2.05, 4.69) is 20.0 Å². The highest BCUT2D eigenvalue weighted by Gasteiger charge is 2.23. The molecule has 1 atom stereocenters. The molecule has 0 fully saturated rings. The second-order valence-corrected chi connectivity index (χ2v) is 6.97. The average molecular weight is 409 g/mol. The Kier molecular flexibility index (Phi) is 7.08. The molecule has 3 aromatic rings. The molecule has 0 saturated carbocycles. The Morgan fingerprint density at radius 1 is 1.17 bits per heavy atom. The van der Waals surface area contributed by atoms with Gasteiger partial charge < -0.3 is 14.5 Å². The summed E-state index contributed by atoms with van der Waals surface area (Å²) in [6.45, 7) is 6.39. The number of oxazole rings is 1. The van der Waals surface area contributed by atoms with Crippen molar-refractivity contribution in [2.45, 2.75) is 31.6 Å². The Morgan fingerprint density at radius 3 is 2.69 bits per heavy atom. The third-order valence-electron chi connectivity index (χ3n) is 4.35. The van der Waals surface area contributed by atoms with Crippen LogP contribution in [0, 0.1) is 6.92 Å². The Hall–Kier alpha value is -3.06. The van der Waals surface area contributed by atoms with Crippen LogP contribution in [0.1, 0.15) is 36.8 Å². The van der Waals surface area contributed by atoms with E-state index in [9.17, 15) is 4.79 Å². The number of benzene rings is 2. The average Bonchev–Trinajstić information content (AvgIpc) is 3.30. The maximum atomic E-state index is 12.6. The Morgan fingerprint density at radius 2 is 1.93 bits per heavy atom. The zero-order valence-electron chi connectivity index (χ0n) is 16.7. The largest absolute Gasteiger partial charge is 0.448 e. The van der Waals surface area contributed by atoms with Gasteiger partial charge in [-0.05, 0) is 42.1 Å². The first-order valence-electron chi connectivity index (χ1n) is 9.56. The number of rotatable bonds is 5. The number of carbonyl (C=O) groups is 1. The van der Waals surface area contributed by atoms with Crippen molar-refractivity contribution in [2.75, 3.05) is 6.54 Å². The number of fused-ring (bicyclic) bond motifs is 1. The second kappa shape index (κ2) is 9.93. The Bertz CT molecular complexity index is 986. The molecule has 0 bridgehead atoms. The molecule has 0 radical (unpaired) electrons. The van der Waals surface area contributed by atoms with Crippen molar-refractivity contribution < 1.29 is 9.21 Å². The van der Waals surface area contributed by atoms with Crippen LogP contribution in [0.25, 0.3) is 0 Å². The van der Waals surface area contributed by atoms with Gasteiger partial charge in [-0.3, -0.25) is 4.79 Å². The molecule has 7 heteroatoms. The van der Waals surface area contributed by atoms with Gasteiger partial charge >= 0.3 is 0 Å². The quantitative estimate of drug-likeness (QED) is 0.603. The van der Waals surface area contributed by atoms with Crippen LogP contribution in [0.3, 0.4) is 0 Å². The van der Waals surface area contributed by atoms with Crippen molar-refractivity contribution >= 4 is 29.4 Å². The molecule has 0 saturated heterocycles. The zero-order valence-corrected chi connectivity index (χ0v) is 17.5. The van der Waals surface area contributed by atoms with E-state index in [1.807, 2.05) is 69.3 Å². The summed E-state index contributed by atoms with van der Waals surface area (Å²) in [6, 6.07) is 15.7. The van der Waals surface area contributed by atoms with Crippen molar-refractivity contribution in [1.82, 2.24) is 15.0 Å². The standard InChI is InChI=1S/C20H18N4O2S.C2H6/c1-13-6-2-3-7-14(13)15(20-21-10-11-26-20)12-22-19(25)18-23-16-8-4-5-9-17(16)27-24-18;1-2/h2-11,15H,12H2,1H3,(H,22,25)(H,23,24);1-2H3. The van der Waals surface area contributed by atoms with E-state index >= 15 is 0 Å². The van der Waals surface area contributed by atoms with Gasteiger partial charge in [-0.1, -0.05) is 50.2 Å². The first-order chi connectivity index (χ1) is 14.2. The van der Waals surface area contributed by atoms with E-state index in [0.29, 0.717) is 12.4 Å². The fourth-order valence-electron chi connectivity index (χ4n) is 2.97. The summed E-state index contributed by atoms with van der Waals surface area (Å²) in [7, 11) is 0. The summed E-state index contributed by atoms with van der Waals surface area (Å²) >= 11 is 1.38. The van der Waals surface area contributed by atoms with Crippen LogP contribution in [-0.2, 0) is 4.79 Å². The molecule has 0 spiro atoms. The van der Waals surface area contributed by atoms with Crippen LogP contribution < -0.4 is 10.0 Å². The SMILES string of the molecule is CC.Cc1ccccc1C(CNC(=O)C1=Nc2ccccc2SN1)c1ncco1. The number of nitrogens with zero attached hydrogens (tertiary/aromatic N) is 2. The molecule has 2 heterocycles. The van der Waals surface area contributed by atoms with E-state index in [1.165, 1.54) is 11.9 Å². The van der Waals surface area contributed by atoms with E-state index in [0.717, 1.165) is 21.7 Å². The summed E-state index contributed by atoms with van der Waals surface area (Å²) < 4.78 is 8.52. The number of aromatic nitrogens is 1. The molecular formula is C22H24N4O2S. The van der Waals surface area contributed by atoms with Crippen LogP contribution in [0.5, 0.6) is 0 Å². The minimum atomic E-state index is -0.262. The van der Waals surface area contributed by atoms with E-state index in [4.69, 9.17) is 4.42 Å². The van der Waals surface area contributed by atoms with Gasteiger partial charge in [0, 0.05) is 6.54 Å². The number of amides is 1. The lowest BCUT2D eigenvalue weighted by atomic mass is 9.94. The normalized spacial score (nSPS) is 13.1. The molecule has 2 N–H and O–H groups in total. The summed E-state index contributed by atoms with van der Waals surface area (Å²) in [4.78, 5) is 22.3. The summed E-state index contributed by atoms with van der Waals surface area (Å²) in [5.41, 5.74) is 2.97. The van der Waals surface area contributed by atoms with Crippen molar-refractivity contribution in [3.05, 3.63) is 78.0 Å². The van der Waals surface area contributed by atoms with Crippen molar-refractivity contribution in [3.63, 3.8) is 0 Å². The number of carbonyl (C=O) groups excluding carboxylic acids is 1. The highest BCUT2D eigenvalue weighted by Crippen LogP contribution is 2.31. The molecule has 1 amide bonds. The van der Waals surface area contributed by atoms with E-state index in [1.54, 1.807) is 12.5 Å². The minimum Gasteiger partial charge on any atom is -0.448 e. The van der Waals surface area contributed by atoms with Gasteiger partial charge in [0.1, 0.15) is 6.26 Å². The highest BCUT2D eigenvalue weighted by atomic mass is 32.2. The van der Waals surface area contributed by atoms with Gasteiger partial charge in [0.25, 0.3) is 5.91 Å². The van der Waals surface area contributed by atoms with Crippen LogP contribution in [0.15, 0.2) is 75.3 Å². The maximum Gasteiger partial charge on any atom is 0.287 e. The van der Waals surface area contributed by atoms with Gasteiger partial charge in [0.2, 0.25) is 11.7 Å². The zero-order chi connectivity index (χ0) is 20.6. The predicted octanol–water partition coefficient (Wildman–Crippen LogP) is 4.60. The first kappa shape index (κ1) is 20.7. The lowest BCUT2D eigenvalue weighted by Gasteiger charge is -2.19. The topological polar surface area (TPSA) is 79.5 Å². The summed E-state index contributed by atoms with van der Waals surface area (Å²) in [6.07, 6.45) is 3.16. The number of hydrogen-bond acceptors (Lipinski definition) is 6. The molecule has 6 nitrogen and oxygen atoms in total. The molecule has 1 unspecified atom stereocenters. The van der Waals surface area contributed by atoms with Crippen LogP contribution in [0.2, 0.25) is 0 Å². The van der Waals surface area contributed by atoms with Crippen LogP contribution in [0.4, 0.5) is 5.69 Å². The fourth-order valence-corrected chi connectivity index (χ4v) is 3.68. The highest BCUT2D eigenvalue weighted by molar-refractivity contribution is 7.98. The molecule has 2 aromatic carbocycles. The molecule has 150 valence electrons. The molecule has 1 aromatic heterocycles. The fraction of sp³-hybridized carbons (Fsp3) is 0.227. The summed E-state index contributed by atoms with van der Waals surface area (Å²) in [5, 5.41) is 2.95. The van der Waals surface area contributed by atoms with E-state index < -0.39 is 0 Å². The lowest BCUT2D eigenvalue weighted by molar-refractivity contribution is -0.115. The van der Waals surface area contributed by atoms with Gasteiger partial charge in [-0.25, -0.2) is 9.98 Å². The van der Waals surface area contributed by atoms with Crippen molar-refractivity contribution in [1.29, 1.82) is 0 Å². The molecular weight excluding hydrogens is 384 g/mol. The summed E-state index contributed by atoms with van der Waals surface area (Å²) in [5.74, 6) is 0.425. The Balaban J connectivity index is 0.00000117. The third-order valence-corrected chi connectivity index (χ3v) is 5.21. The maximum absolute atomic E-state index is 12.6. The number of para-hydroxylation sites is 1. The van der Waals surface area contributed by atoms with E-state index in [-0.39, 0.29) is 17.7 Å². The van der Waals surface area contributed by atoms with Crippen molar-refractivity contribution in [2.24, 2.45) is 4.99 Å². The number of hydrogen-bond donors (Lipinski definition) is 2. The van der Waals surface area contributed by atoms with Crippen LogP contribution in [-0.4, -0.2) is 23.3 Å². The molecule has 0 aliphatic carbocycles. The second-order valence-electron chi connectivity index (χ2n) is 6.12. The van der Waals surface area contributed by atoms with Gasteiger partial charge in [-0.2, -0.15) is 0 Å². The number of aryl methyl sites for hydroxylation is 1. The molecule has 4 rings (SSSR count). The van der Waals surface area contributed by atoms with Crippen molar-refractivity contribution in [3.8, 4) is 0 Å². The Labute approximate surface area is 175 Å². The molecule has 29 heavy (non-hydrogen) atoms. The molecule has 1 aliphatic rings. The van der Waals surface area contributed by atoms with Gasteiger partial charge in [-0.15, -0.1) is 0 Å². The van der Waals surface area contributed by atoms with Gasteiger partial charge in [0.05, 0.1) is 22.7 Å². The smallest absolute Gasteiger partial charge is 0.287 e. The number of amidine groups is 1. The lowest BCUT2D eigenvalue weighted by Crippen LogP contribution is -2.40.